The summed E-state index contributed by atoms with van der Waals surface area (Å²) in [4.78, 5) is 11.9. The van der Waals surface area contributed by atoms with Crippen LogP contribution in [0.25, 0.3) is 0 Å². The number of amides is 1. The number of carbonyl (C=O) groups is 1. The van der Waals surface area contributed by atoms with Crippen LogP contribution in [0, 0.1) is 5.92 Å². The molecule has 1 aromatic rings. The number of hydrogen-bond donors (Lipinski definition) is 3. The summed E-state index contributed by atoms with van der Waals surface area (Å²) in [5.74, 6) is 1.18. The van der Waals surface area contributed by atoms with Crippen LogP contribution in [-0.2, 0) is 0 Å². The van der Waals surface area contributed by atoms with Crippen molar-refractivity contribution in [2.45, 2.75) is 31.6 Å². The zero-order valence-corrected chi connectivity index (χ0v) is 10.5. The number of piperidine rings is 1. The second-order valence-corrected chi connectivity index (χ2v) is 5.39. The Kier molecular flexibility index (Phi) is 3.32. The molecule has 0 radical (unpaired) electrons. The van der Waals surface area contributed by atoms with Gasteiger partial charge in [0.2, 0.25) is 0 Å². The van der Waals surface area contributed by atoms with Crippen LogP contribution in [0.5, 0.6) is 0 Å². The van der Waals surface area contributed by atoms with Gasteiger partial charge in [0.1, 0.15) is 5.69 Å². The Balaban J connectivity index is 1.58. The topological polar surface area (TPSA) is 69.8 Å². The van der Waals surface area contributed by atoms with Crippen LogP contribution < -0.4 is 10.6 Å². The maximum absolute atomic E-state index is 11.9. The Hall–Kier alpha value is -1.36. The van der Waals surface area contributed by atoms with E-state index in [-0.39, 0.29) is 5.91 Å². The molecular weight excluding hydrogens is 228 g/mol. The van der Waals surface area contributed by atoms with Gasteiger partial charge >= 0.3 is 0 Å². The number of hydrogen-bond acceptors (Lipinski definition) is 3. The highest BCUT2D eigenvalue weighted by Gasteiger charge is 2.23. The standard InChI is InChI=1S/C13H20N4O/c18-13(15-8-9-1-2-9)12-7-11(16-17-12)10-3-5-14-6-4-10/h7,9-10,14H,1-6,8H2,(H,15,18)(H,16,17). The number of aromatic nitrogens is 2. The van der Waals surface area contributed by atoms with Crippen molar-refractivity contribution in [1.29, 1.82) is 0 Å². The predicted octanol–water partition coefficient (Wildman–Crippen LogP) is 1.02. The predicted molar refractivity (Wildman–Crippen MR) is 68.5 cm³/mol. The van der Waals surface area contributed by atoms with Gasteiger partial charge in [0, 0.05) is 18.2 Å². The van der Waals surface area contributed by atoms with E-state index in [0.717, 1.165) is 38.2 Å². The third kappa shape index (κ3) is 2.72. The maximum atomic E-state index is 11.9. The molecule has 1 aliphatic heterocycles. The zero-order valence-electron chi connectivity index (χ0n) is 10.5. The van der Waals surface area contributed by atoms with Gasteiger partial charge in [-0.25, -0.2) is 0 Å². The fourth-order valence-electron chi connectivity index (χ4n) is 2.44. The van der Waals surface area contributed by atoms with Crippen molar-refractivity contribution in [3.8, 4) is 0 Å². The van der Waals surface area contributed by atoms with Crippen LogP contribution in [0.2, 0.25) is 0 Å². The van der Waals surface area contributed by atoms with Gasteiger partial charge in [-0.05, 0) is 50.8 Å². The van der Waals surface area contributed by atoms with Crippen molar-refractivity contribution in [2.24, 2.45) is 5.92 Å². The molecule has 2 fully saturated rings. The smallest absolute Gasteiger partial charge is 0.271 e. The first-order chi connectivity index (χ1) is 8.83. The van der Waals surface area contributed by atoms with E-state index in [1.165, 1.54) is 12.8 Å². The van der Waals surface area contributed by atoms with Gasteiger partial charge in [0.15, 0.2) is 0 Å². The molecule has 18 heavy (non-hydrogen) atoms. The van der Waals surface area contributed by atoms with E-state index in [2.05, 4.69) is 20.8 Å². The molecular formula is C13H20N4O. The van der Waals surface area contributed by atoms with Crippen molar-refractivity contribution in [3.63, 3.8) is 0 Å². The second kappa shape index (κ2) is 5.10. The molecule has 1 aromatic heterocycles. The van der Waals surface area contributed by atoms with Gasteiger partial charge in [-0.1, -0.05) is 0 Å². The van der Waals surface area contributed by atoms with Gasteiger partial charge in [-0.15, -0.1) is 0 Å². The first kappa shape index (κ1) is 11.7. The summed E-state index contributed by atoms with van der Waals surface area (Å²) < 4.78 is 0. The van der Waals surface area contributed by atoms with Crippen LogP contribution in [0.15, 0.2) is 6.07 Å². The third-order valence-corrected chi connectivity index (χ3v) is 3.86. The summed E-state index contributed by atoms with van der Waals surface area (Å²) in [5, 5.41) is 13.4. The monoisotopic (exact) mass is 248 g/mol. The summed E-state index contributed by atoms with van der Waals surface area (Å²) in [6.07, 6.45) is 4.74. The lowest BCUT2D eigenvalue weighted by Gasteiger charge is -2.20. The lowest BCUT2D eigenvalue weighted by Crippen LogP contribution is -2.27. The molecule has 0 aromatic carbocycles. The number of aromatic amines is 1. The summed E-state index contributed by atoms with van der Waals surface area (Å²) in [7, 11) is 0. The van der Waals surface area contributed by atoms with E-state index < -0.39 is 0 Å². The molecule has 0 atom stereocenters. The highest BCUT2D eigenvalue weighted by Crippen LogP contribution is 2.27. The molecule has 0 bridgehead atoms. The van der Waals surface area contributed by atoms with Crippen molar-refractivity contribution in [3.05, 3.63) is 17.5 Å². The fraction of sp³-hybridized carbons (Fsp3) is 0.692. The minimum absolute atomic E-state index is 0.0432. The van der Waals surface area contributed by atoms with E-state index in [9.17, 15) is 4.79 Å². The van der Waals surface area contributed by atoms with Gasteiger partial charge in [0.25, 0.3) is 5.91 Å². The first-order valence-corrected chi connectivity index (χ1v) is 6.87. The van der Waals surface area contributed by atoms with Gasteiger partial charge < -0.3 is 10.6 Å². The highest BCUT2D eigenvalue weighted by molar-refractivity contribution is 5.92. The number of carbonyl (C=O) groups excluding carboxylic acids is 1. The average molecular weight is 248 g/mol. The van der Waals surface area contributed by atoms with Crippen molar-refractivity contribution in [2.75, 3.05) is 19.6 Å². The number of rotatable bonds is 4. The molecule has 1 saturated heterocycles. The summed E-state index contributed by atoms with van der Waals surface area (Å²) in [6, 6.07) is 1.91. The molecule has 3 N–H and O–H groups in total. The normalized spacial score (nSPS) is 20.9. The highest BCUT2D eigenvalue weighted by atomic mass is 16.1. The van der Waals surface area contributed by atoms with E-state index in [1.807, 2.05) is 6.07 Å². The van der Waals surface area contributed by atoms with Crippen LogP contribution >= 0.6 is 0 Å². The molecule has 1 amide bonds. The SMILES string of the molecule is O=C(NCC1CC1)c1cc(C2CCNCC2)[nH]n1. The zero-order chi connectivity index (χ0) is 12.4. The lowest BCUT2D eigenvalue weighted by atomic mass is 9.94. The summed E-state index contributed by atoms with van der Waals surface area (Å²) in [5.41, 5.74) is 1.64. The van der Waals surface area contributed by atoms with Crippen molar-refractivity contribution >= 4 is 5.91 Å². The van der Waals surface area contributed by atoms with E-state index >= 15 is 0 Å². The Morgan fingerprint density at radius 3 is 2.83 bits per heavy atom. The summed E-state index contributed by atoms with van der Waals surface area (Å²) >= 11 is 0. The molecule has 3 rings (SSSR count). The largest absolute Gasteiger partial charge is 0.350 e. The van der Waals surface area contributed by atoms with E-state index in [0.29, 0.717) is 17.5 Å². The number of nitrogens with zero attached hydrogens (tertiary/aromatic N) is 1. The van der Waals surface area contributed by atoms with Crippen LogP contribution in [-0.4, -0.2) is 35.7 Å². The lowest BCUT2D eigenvalue weighted by molar-refractivity contribution is 0.0947. The van der Waals surface area contributed by atoms with Crippen LogP contribution in [0.4, 0.5) is 0 Å². The molecule has 5 heteroatoms. The molecule has 1 saturated carbocycles. The maximum Gasteiger partial charge on any atom is 0.271 e. The molecule has 5 nitrogen and oxygen atoms in total. The fourth-order valence-corrected chi connectivity index (χ4v) is 2.44. The Labute approximate surface area is 107 Å². The first-order valence-electron chi connectivity index (χ1n) is 6.87. The average Bonchev–Trinajstić information content (AvgIpc) is 3.11. The molecule has 0 spiro atoms. The molecule has 2 heterocycles. The Bertz CT molecular complexity index is 418. The van der Waals surface area contributed by atoms with E-state index in [4.69, 9.17) is 0 Å². The van der Waals surface area contributed by atoms with Crippen LogP contribution in [0.1, 0.15) is 47.8 Å². The second-order valence-electron chi connectivity index (χ2n) is 5.39. The Morgan fingerprint density at radius 1 is 1.33 bits per heavy atom. The molecule has 2 aliphatic rings. The molecule has 1 aliphatic carbocycles. The molecule has 0 unspecified atom stereocenters. The van der Waals surface area contributed by atoms with Crippen LogP contribution in [0.3, 0.4) is 0 Å². The third-order valence-electron chi connectivity index (χ3n) is 3.86. The number of H-pyrrole nitrogens is 1. The number of nitrogens with one attached hydrogen (secondary N) is 3. The van der Waals surface area contributed by atoms with Gasteiger partial charge in [0.05, 0.1) is 0 Å². The van der Waals surface area contributed by atoms with Crippen molar-refractivity contribution < 1.29 is 4.79 Å². The van der Waals surface area contributed by atoms with E-state index in [1.54, 1.807) is 0 Å². The summed E-state index contributed by atoms with van der Waals surface area (Å²) in [6.45, 7) is 2.90. The minimum atomic E-state index is -0.0432. The molecule has 98 valence electrons. The van der Waals surface area contributed by atoms with Crippen molar-refractivity contribution in [1.82, 2.24) is 20.8 Å². The quantitative estimate of drug-likeness (QED) is 0.745. The van der Waals surface area contributed by atoms with Gasteiger partial charge in [-0.3, -0.25) is 9.89 Å². The van der Waals surface area contributed by atoms with Gasteiger partial charge in [-0.2, -0.15) is 5.10 Å². The Morgan fingerprint density at radius 2 is 2.11 bits per heavy atom. The minimum Gasteiger partial charge on any atom is -0.350 e.